The molecule has 0 radical (unpaired) electrons. The van der Waals surface area contributed by atoms with Crippen molar-refractivity contribution in [2.45, 2.75) is 0 Å². The van der Waals surface area contributed by atoms with Crippen LogP contribution < -0.4 is 4.74 Å². The first kappa shape index (κ1) is 9.02. The molecule has 0 saturated carbocycles. The molecule has 1 N–H and O–H groups in total. The van der Waals surface area contributed by atoms with Crippen molar-refractivity contribution in [2.24, 2.45) is 0 Å². The van der Waals surface area contributed by atoms with Gasteiger partial charge in [-0.25, -0.2) is 0 Å². The average molecular weight is 207 g/mol. The summed E-state index contributed by atoms with van der Waals surface area (Å²) in [5.74, 6) is 0.636. The van der Waals surface area contributed by atoms with Crippen molar-refractivity contribution in [3.8, 4) is 21.9 Å². The molecule has 0 aliphatic rings. The maximum atomic E-state index is 9.40. The highest BCUT2D eigenvalue weighted by atomic mass is 32.1. The number of nitrogens with zero attached hydrogens (tertiary/aromatic N) is 1. The molecular weight excluding hydrogens is 198 g/mol. The maximum Gasteiger partial charge on any atom is 0.161 e. The number of methoxy groups -OCH3 is 1. The Hall–Kier alpha value is -1.55. The topological polar surface area (TPSA) is 42.4 Å². The third-order valence-corrected chi connectivity index (χ3v) is 2.72. The molecule has 72 valence electrons. The molecule has 1 heterocycles. The number of phenolic OH excluding ortho intramolecular Hbond substituents is 1. The molecule has 3 nitrogen and oxygen atoms in total. The predicted molar refractivity (Wildman–Crippen MR) is 55.8 cm³/mol. The molecule has 0 aliphatic heterocycles. The quantitative estimate of drug-likeness (QED) is 0.822. The van der Waals surface area contributed by atoms with E-state index in [1.165, 1.54) is 7.11 Å². The Kier molecular flexibility index (Phi) is 2.37. The number of hydrogen-bond donors (Lipinski definition) is 1. The normalized spacial score (nSPS) is 10.1. The van der Waals surface area contributed by atoms with Crippen LogP contribution in [0.5, 0.6) is 11.5 Å². The Morgan fingerprint density at radius 2 is 2.29 bits per heavy atom. The van der Waals surface area contributed by atoms with E-state index in [1.54, 1.807) is 35.2 Å². The van der Waals surface area contributed by atoms with Crippen molar-refractivity contribution in [2.75, 3.05) is 7.11 Å². The molecule has 0 fully saturated rings. The second-order valence-electron chi connectivity index (χ2n) is 2.75. The number of hydrogen-bond acceptors (Lipinski definition) is 4. The van der Waals surface area contributed by atoms with Crippen LogP contribution >= 0.6 is 11.3 Å². The number of ether oxygens (including phenoxy) is 1. The Bertz CT molecular complexity index is 426. The first-order valence-corrected chi connectivity index (χ1v) is 4.95. The molecule has 1 aromatic carbocycles. The summed E-state index contributed by atoms with van der Waals surface area (Å²) in [5.41, 5.74) is 2.77. The van der Waals surface area contributed by atoms with Crippen LogP contribution in [0.1, 0.15) is 0 Å². The zero-order valence-corrected chi connectivity index (χ0v) is 8.41. The van der Waals surface area contributed by atoms with Gasteiger partial charge in [0, 0.05) is 6.20 Å². The SMILES string of the molecule is COc1cc(-c2cncs2)ccc1O. The van der Waals surface area contributed by atoms with E-state index in [-0.39, 0.29) is 5.75 Å². The monoisotopic (exact) mass is 207 g/mol. The van der Waals surface area contributed by atoms with Gasteiger partial charge in [0.2, 0.25) is 0 Å². The van der Waals surface area contributed by atoms with Gasteiger partial charge in [-0.3, -0.25) is 4.98 Å². The fourth-order valence-corrected chi connectivity index (χ4v) is 1.81. The minimum absolute atomic E-state index is 0.153. The maximum absolute atomic E-state index is 9.40. The van der Waals surface area contributed by atoms with Gasteiger partial charge in [-0.15, -0.1) is 11.3 Å². The van der Waals surface area contributed by atoms with E-state index in [4.69, 9.17) is 4.74 Å². The number of thiazole rings is 1. The smallest absolute Gasteiger partial charge is 0.161 e. The van der Waals surface area contributed by atoms with Crippen LogP contribution in [-0.2, 0) is 0 Å². The van der Waals surface area contributed by atoms with Crippen molar-refractivity contribution >= 4 is 11.3 Å². The van der Waals surface area contributed by atoms with Crippen LogP contribution in [-0.4, -0.2) is 17.2 Å². The van der Waals surface area contributed by atoms with Crippen LogP contribution in [0.3, 0.4) is 0 Å². The molecule has 0 aliphatic carbocycles. The first-order chi connectivity index (χ1) is 6.81. The summed E-state index contributed by atoms with van der Waals surface area (Å²) < 4.78 is 5.02. The van der Waals surface area contributed by atoms with E-state index in [0.717, 1.165) is 10.4 Å². The van der Waals surface area contributed by atoms with E-state index < -0.39 is 0 Å². The zero-order valence-electron chi connectivity index (χ0n) is 7.60. The molecule has 0 amide bonds. The minimum Gasteiger partial charge on any atom is -0.504 e. The Balaban J connectivity index is 2.46. The number of phenols is 1. The molecular formula is C10H9NO2S. The Morgan fingerprint density at radius 1 is 1.43 bits per heavy atom. The lowest BCUT2D eigenvalue weighted by molar-refractivity contribution is 0.373. The van der Waals surface area contributed by atoms with Gasteiger partial charge < -0.3 is 9.84 Å². The van der Waals surface area contributed by atoms with Gasteiger partial charge in [0.05, 0.1) is 17.5 Å². The molecule has 0 saturated heterocycles. The minimum atomic E-state index is 0.153. The number of aromatic hydroxyl groups is 1. The molecule has 0 unspecified atom stereocenters. The van der Waals surface area contributed by atoms with Gasteiger partial charge in [0.1, 0.15) is 0 Å². The van der Waals surface area contributed by atoms with Gasteiger partial charge in [0.25, 0.3) is 0 Å². The van der Waals surface area contributed by atoms with Gasteiger partial charge in [0.15, 0.2) is 11.5 Å². The van der Waals surface area contributed by atoms with Crippen LogP contribution in [0.15, 0.2) is 29.9 Å². The average Bonchev–Trinajstić information content (AvgIpc) is 2.71. The number of benzene rings is 1. The fraction of sp³-hybridized carbons (Fsp3) is 0.100. The summed E-state index contributed by atoms with van der Waals surface area (Å²) in [7, 11) is 1.53. The van der Waals surface area contributed by atoms with Gasteiger partial charge in [-0.2, -0.15) is 0 Å². The van der Waals surface area contributed by atoms with E-state index in [9.17, 15) is 5.11 Å². The molecule has 2 rings (SSSR count). The highest BCUT2D eigenvalue weighted by Crippen LogP contribution is 2.32. The first-order valence-electron chi connectivity index (χ1n) is 4.07. The lowest BCUT2D eigenvalue weighted by atomic mass is 10.2. The summed E-state index contributed by atoms with van der Waals surface area (Å²) in [5, 5.41) is 9.40. The second-order valence-corrected chi connectivity index (χ2v) is 3.64. The summed E-state index contributed by atoms with van der Waals surface area (Å²) in [6.07, 6.45) is 1.79. The fourth-order valence-electron chi connectivity index (χ4n) is 1.19. The molecule has 1 aromatic heterocycles. The molecule has 0 bridgehead atoms. The van der Waals surface area contributed by atoms with E-state index >= 15 is 0 Å². The van der Waals surface area contributed by atoms with Crippen molar-refractivity contribution in [3.63, 3.8) is 0 Å². The van der Waals surface area contributed by atoms with Crippen LogP contribution in [0, 0.1) is 0 Å². The Labute approximate surface area is 85.6 Å². The van der Waals surface area contributed by atoms with Crippen LogP contribution in [0.2, 0.25) is 0 Å². The van der Waals surface area contributed by atoms with Gasteiger partial charge in [-0.1, -0.05) is 0 Å². The van der Waals surface area contributed by atoms with Crippen molar-refractivity contribution in [1.82, 2.24) is 4.98 Å². The highest BCUT2D eigenvalue weighted by Gasteiger charge is 2.05. The summed E-state index contributed by atoms with van der Waals surface area (Å²) in [4.78, 5) is 5.05. The predicted octanol–water partition coefficient (Wildman–Crippen LogP) is 2.52. The van der Waals surface area contributed by atoms with Crippen LogP contribution in [0.4, 0.5) is 0 Å². The molecule has 14 heavy (non-hydrogen) atoms. The van der Waals surface area contributed by atoms with Crippen molar-refractivity contribution in [1.29, 1.82) is 0 Å². The molecule has 2 aromatic rings. The molecule has 0 spiro atoms. The van der Waals surface area contributed by atoms with Crippen molar-refractivity contribution < 1.29 is 9.84 Å². The van der Waals surface area contributed by atoms with E-state index in [2.05, 4.69) is 4.98 Å². The number of aromatic nitrogens is 1. The second kappa shape index (κ2) is 3.67. The summed E-state index contributed by atoms with van der Waals surface area (Å²) in [6, 6.07) is 5.25. The number of rotatable bonds is 2. The van der Waals surface area contributed by atoms with Gasteiger partial charge >= 0.3 is 0 Å². The summed E-state index contributed by atoms with van der Waals surface area (Å²) in [6.45, 7) is 0. The van der Waals surface area contributed by atoms with Gasteiger partial charge in [-0.05, 0) is 23.8 Å². The molecule has 0 atom stereocenters. The lowest BCUT2D eigenvalue weighted by Crippen LogP contribution is -1.83. The largest absolute Gasteiger partial charge is 0.504 e. The highest BCUT2D eigenvalue weighted by molar-refractivity contribution is 7.13. The zero-order chi connectivity index (χ0) is 9.97. The third kappa shape index (κ3) is 1.56. The Morgan fingerprint density at radius 3 is 2.93 bits per heavy atom. The summed E-state index contributed by atoms with van der Waals surface area (Å²) >= 11 is 1.55. The van der Waals surface area contributed by atoms with Crippen molar-refractivity contribution in [3.05, 3.63) is 29.9 Å². The van der Waals surface area contributed by atoms with Crippen LogP contribution in [0.25, 0.3) is 10.4 Å². The molecule has 4 heteroatoms. The standard InChI is InChI=1S/C10H9NO2S/c1-13-9-4-7(2-3-8(9)12)10-5-11-6-14-10/h2-6,12H,1H3. The third-order valence-electron chi connectivity index (χ3n) is 1.90. The van der Waals surface area contributed by atoms with E-state index in [1.807, 2.05) is 6.07 Å². The van der Waals surface area contributed by atoms with E-state index in [0.29, 0.717) is 5.75 Å². The lowest BCUT2D eigenvalue weighted by Gasteiger charge is -2.04.